The van der Waals surface area contributed by atoms with E-state index >= 15 is 0 Å². The van der Waals surface area contributed by atoms with Crippen LogP contribution in [0.5, 0.6) is 0 Å². The highest BCUT2D eigenvalue weighted by molar-refractivity contribution is 5.95. The first kappa shape index (κ1) is 12.7. The van der Waals surface area contributed by atoms with Gasteiger partial charge in [-0.15, -0.1) is 0 Å². The Morgan fingerprint density at radius 2 is 2.16 bits per heavy atom. The summed E-state index contributed by atoms with van der Waals surface area (Å²) in [5.41, 5.74) is 2.07. The summed E-state index contributed by atoms with van der Waals surface area (Å²) in [6, 6.07) is 0. The van der Waals surface area contributed by atoms with Gasteiger partial charge in [-0.1, -0.05) is 0 Å². The molecule has 3 rings (SSSR count). The lowest BCUT2D eigenvalue weighted by atomic mass is 9.90. The van der Waals surface area contributed by atoms with Crippen LogP contribution in [0.25, 0.3) is 0 Å². The van der Waals surface area contributed by atoms with Crippen LogP contribution in [0.15, 0.2) is 6.20 Å². The number of carbonyl (C=O) groups is 1. The third-order valence-corrected chi connectivity index (χ3v) is 4.11. The molecule has 1 aromatic heterocycles. The molecule has 0 aromatic carbocycles. The highest BCUT2D eigenvalue weighted by Crippen LogP contribution is 2.31. The SMILES string of the molecule is CC1CC(C(=O)N2CCCc3[nH]ncc32)CC(C)O1. The lowest BCUT2D eigenvalue weighted by Crippen LogP contribution is -2.43. The molecule has 5 nitrogen and oxygen atoms in total. The Morgan fingerprint density at radius 3 is 2.89 bits per heavy atom. The zero-order valence-electron chi connectivity index (χ0n) is 11.6. The molecule has 0 bridgehead atoms. The second-order valence-electron chi connectivity index (χ2n) is 5.75. The van der Waals surface area contributed by atoms with Crippen molar-refractivity contribution in [3.05, 3.63) is 11.9 Å². The van der Waals surface area contributed by atoms with E-state index in [4.69, 9.17) is 4.74 Å². The molecule has 1 aromatic rings. The highest BCUT2D eigenvalue weighted by Gasteiger charge is 2.34. The van der Waals surface area contributed by atoms with Gasteiger partial charge in [0.25, 0.3) is 0 Å². The lowest BCUT2D eigenvalue weighted by Gasteiger charge is -2.35. The molecule has 1 amide bonds. The molecule has 2 aliphatic heterocycles. The summed E-state index contributed by atoms with van der Waals surface area (Å²) in [6.45, 7) is 4.91. The molecule has 2 aliphatic rings. The molecule has 5 heteroatoms. The second-order valence-corrected chi connectivity index (χ2v) is 5.75. The van der Waals surface area contributed by atoms with Crippen LogP contribution in [-0.2, 0) is 16.0 Å². The minimum Gasteiger partial charge on any atom is -0.376 e. The zero-order chi connectivity index (χ0) is 13.4. The quantitative estimate of drug-likeness (QED) is 0.841. The Morgan fingerprint density at radius 1 is 1.42 bits per heavy atom. The molecule has 104 valence electrons. The summed E-state index contributed by atoms with van der Waals surface area (Å²) < 4.78 is 5.72. The van der Waals surface area contributed by atoms with E-state index < -0.39 is 0 Å². The molecule has 2 unspecified atom stereocenters. The first-order chi connectivity index (χ1) is 9.15. The smallest absolute Gasteiger partial charge is 0.230 e. The number of carbonyl (C=O) groups excluding carboxylic acids is 1. The Hall–Kier alpha value is -1.36. The maximum atomic E-state index is 12.7. The molecule has 1 N–H and O–H groups in total. The summed E-state index contributed by atoms with van der Waals surface area (Å²) in [4.78, 5) is 14.6. The average molecular weight is 263 g/mol. The second kappa shape index (κ2) is 4.96. The molecule has 1 fully saturated rings. The number of nitrogens with zero attached hydrogens (tertiary/aromatic N) is 2. The maximum Gasteiger partial charge on any atom is 0.230 e. The molecule has 0 aliphatic carbocycles. The fourth-order valence-electron chi connectivity index (χ4n) is 3.31. The third kappa shape index (κ3) is 2.39. The summed E-state index contributed by atoms with van der Waals surface area (Å²) in [6.07, 6.45) is 5.77. The minimum atomic E-state index is 0.0830. The van der Waals surface area contributed by atoms with Crippen molar-refractivity contribution < 1.29 is 9.53 Å². The van der Waals surface area contributed by atoms with Crippen LogP contribution in [0.3, 0.4) is 0 Å². The third-order valence-electron chi connectivity index (χ3n) is 4.11. The number of nitrogens with one attached hydrogen (secondary N) is 1. The van der Waals surface area contributed by atoms with E-state index in [1.54, 1.807) is 6.20 Å². The van der Waals surface area contributed by atoms with Crippen molar-refractivity contribution in [1.29, 1.82) is 0 Å². The number of fused-ring (bicyclic) bond motifs is 1. The number of hydrogen-bond donors (Lipinski definition) is 1. The number of aryl methyl sites for hydroxylation is 1. The monoisotopic (exact) mass is 263 g/mol. The van der Waals surface area contributed by atoms with Crippen LogP contribution in [0.4, 0.5) is 5.69 Å². The van der Waals surface area contributed by atoms with Crippen molar-refractivity contribution >= 4 is 11.6 Å². The molecule has 0 spiro atoms. The van der Waals surface area contributed by atoms with Gasteiger partial charge in [0, 0.05) is 12.5 Å². The average Bonchev–Trinajstić information content (AvgIpc) is 2.84. The van der Waals surface area contributed by atoms with Gasteiger partial charge < -0.3 is 9.64 Å². The van der Waals surface area contributed by atoms with Gasteiger partial charge >= 0.3 is 0 Å². The number of aromatic amines is 1. The predicted molar refractivity (Wildman–Crippen MR) is 72.0 cm³/mol. The fraction of sp³-hybridized carbons (Fsp3) is 0.714. The molecular formula is C14H21N3O2. The molecule has 3 heterocycles. The number of rotatable bonds is 1. The molecular weight excluding hydrogens is 242 g/mol. The van der Waals surface area contributed by atoms with Gasteiger partial charge in [-0.3, -0.25) is 9.89 Å². The predicted octanol–water partition coefficient (Wildman–Crippen LogP) is 1.89. The van der Waals surface area contributed by atoms with Crippen LogP contribution in [0.1, 0.15) is 38.8 Å². The number of amides is 1. The molecule has 2 atom stereocenters. The normalized spacial score (nSPS) is 31.1. The Labute approximate surface area is 113 Å². The van der Waals surface area contributed by atoms with Crippen molar-refractivity contribution in [2.45, 2.75) is 51.7 Å². The van der Waals surface area contributed by atoms with Gasteiger partial charge in [0.2, 0.25) is 5.91 Å². The summed E-state index contributed by atoms with van der Waals surface area (Å²) in [7, 11) is 0. The number of H-pyrrole nitrogens is 1. The van der Waals surface area contributed by atoms with Crippen LogP contribution >= 0.6 is 0 Å². The van der Waals surface area contributed by atoms with Gasteiger partial charge in [0.15, 0.2) is 0 Å². The van der Waals surface area contributed by atoms with Crippen LogP contribution < -0.4 is 4.90 Å². The summed E-state index contributed by atoms with van der Waals surface area (Å²) in [5.74, 6) is 0.323. The van der Waals surface area contributed by atoms with E-state index in [1.165, 1.54) is 0 Å². The van der Waals surface area contributed by atoms with Gasteiger partial charge in [-0.25, -0.2) is 0 Å². The zero-order valence-corrected chi connectivity index (χ0v) is 11.6. The van der Waals surface area contributed by atoms with E-state index in [9.17, 15) is 4.79 Å². The topological polar surface area (TPSA) is 58.2 Å². The van der Waals surface area contributed by atoms with Crippen LogP contribution in [0, 0.1) is 5.92 Å². The Balaban J connectivity index is 1.78. The van der Waals surface area contributed by atoms with E-state index in [1.807, 2.05) is 4.90 Å². The minimum absolute atomic E-state index is 0.0830. The Bertz CT molecular complexity index is 461. The van der Waals surface area contributed by atoms with E-state index in [0.717, 1.165) is 43.6 Å². The summed E-state index contributed by atoms with van der Waals surface area (Å²) in [5, 5.41) is 7.06. The summed E-state index contributed by atoms with van der Waals surface area (Å²) >= 11 is 0. The van der Waals surface area contributed by atoms with Crippen LogP contribution in [0.2, 0.25) is 0 Å². The number of anilines is 1. The van der Waals surface area contributed by atoms with E-state index in [2.05, 4.69) is 24.0 Å². The van der Waals surface area contributed by atoms with E-state index in [-0.39, 0.29) is 24.0 Å². The van der Waals surface area contributed by atoms with Crippen molar-refractivity contribution in [3.8, 4) is 0 Å². The largest absolute Gasteiger partial charge is 0.376 e. The molecule has 0 saturated carbocycles. The Kier molecular flexibility index (Phi) is 3.31. The molecule has 19 heavy (non-hydrogen) atoms. The fourth-order valence-corrected chi connectivity index (χ4v) is 3.31. The molecule has 0 radical (unpaired) electrons. The number of aromatic nitrogens is 2. The number of hydrogen-bond acceptors (Lipinski definition) is 3. The highest BCUT2D eigenvalue weighted by atomic mass is 16.5. The number of ether oxygens (including phenoxy) is 1. The lowest BCUT2D eigenvalue weighted by molar-refractivity contribution is -0.130. The first-order valence-electron chi connectivity index (χ1n) is 7.14. The van der Waals surface area contributed by atoms with Gasteiger partial charge in [0.05, 0.1) is 29.8 Å². The van der Waals surface area contributed by atoms with Crippen LogP contribution in [-0.4, -0.2) is 34.9 Å². The van der Waals surface area contributed by atoms with E-state index in [0.29, 0.717) is 0 Å². The molecule has 1 saturated heterocycles. The van der Waals surface area contributed by atoms with Crippen molar-refractivity contribution in [2.75, 3.05) is 11.4 Å². The van der Waals surface area contributed by atoms with Gasteiger partial charge in [0.1, 0.15) is 0 Å². The maximum absolute atomic E-state index is 12.7. The van der Waals surface area contributed by atoms with Crippen molar-refractivity contribution in [1.82, 2.24) is 10.2 Å². The van der Waals surface area contributed by atoms with Crippen molar-refractivity contribution in [3.63, 3.8) is 0 Å². The van der Waals surface area contributed by atoms with Gasteiger partial charge in [-0.2, -0.15) is 5.10 Å². The standard InChI is InChI=1S/C14H21N3O2/c1-9-6-11(7-10(2)19-9)14(18)17-5-3-4-12-13(17)8-15-16-12/h8-11H,3-7H2,1-2H3,(H,15,16). The first-order valence-corrected chi connectivity index (χ1v) is 7.14. The van der Waals surface area contributed by atoms with Crippen molar-refractivity contribution in [2.24, 2.45) is 5.92 Å². The van der Waals surface area contributed by atoms with Gasteiger partial charge in [-0.05, 0) is 39.5 Å².